The van der Waals surface area contributed by atoms with Gasteiger partial charge in [0.05, 0.1) is 5.60 Å². The molecule has 0 bridgehead atoms. The Morgan fingerprint density at radius 2 is 2.00 bits per heavy atom. The van der Waals surface area contributed by atoms with Gasteiger partial charge in [0.25, 0.3) is 0 Å². The van der Waals surface area contributed by atoms with Gasteiger partial charge in [-0.2, -0.15) is 0 Å². The molecule has 0 spiro atoms. The molecule has 20 heavy (non-hydrogen) atoms. The maximum atomic E-state index is 13.8. The molecule has 1 atom stereocenters. The summed E-state index contributed by atoms with van der Waals surface area (Å²) < 4.78 is 19.8. The number of nitrogens with two attached hydrogens (primary N) is 1. The monoisotopic (exact) mass is 279 g/mol. The van der Waals surface area contributed by atoms with Gasteiger partial charge >= 0.3 is 0 Å². The van der Waals surface area contributed by atoms with Crippen LogP contribution in [-0.2, 0) is 11.2 Å². The van der Waals surface area contributed by atoms with E-state index in [1.807, 2.05) is 19.1 Å². The second-order valence-electron chi connectivity index (χ2n) is 6.08. The van der Waals surface area contributed by atoms with Gasteiger partial charge < -0.3 is 10.5 Å². The highest BCUT2D eigenvalue weighted by Crippen LogP contribution is 2.37. The normalized spacial score (nSPS) is 28.3. The number of halogens is 1. The van der Waals surface area contributed by atoms with Crippen LogP contribution in [-0.4, -0.2) is 18.2 Å². The summed E-state index contributed by atoms with van der Waals surface area (Å²) in [5, 5.41) is 0. The molecule has 1 aromatic rings. The van der Waals surface area contributed by atoms with Gasteiger partial charge in [-0.1, -0.05) is 25.1 Å². The zero-order chi connectivity index (χ0) is 14.6. The number of rotatable bonds is 5. The lowest BCUT2D eigenvalue weighted by atomic mass is 9.74. The predicted octanol–water partition coefficient (Wildman–Crippen LogP) is 3.68. The molecule has 1 aromatic carbocycles. The Hall–Kier alpha value is -0.930. The average Bonchev–Trinajstić information content (AvgIpc) is 2.44. The van der Waals surface area contributed by atoms with Crippen LogP contribution >= 0.6 is 0 Å². The molecule has 112 valence electrons. The molecule has 1 fully saturated rings. The summed E-state index contributed by atoms with van der Waals surface area (Å²) in [6.07, 6.45) is 4.80. The van der Waals surface area contributed by atoms with E-state index in [1.165, 1.54) is 6.07 Å². The highest BCUT2D eigenvalue weighted by atomic mass is 19.1. The SMILES string of the molecule is CCOC1(C(N)Cc2ccccc2F)CCC(C)CC1. The van der Waals surface area contributed by atoms with E-state index >= 15 is 0 Å². The van der Waals surface area contributed by atoms with E-state index in [4.69, 9.17) is 10.5 Å². The van der Waals surface area contributed by atoms with E-state index in [-0.39, 0.29) is 17.5 Å². The van der Waals surface area contributed by atoms with Gasteiger partial charge in [-0.3, -0.25) is 0 Å². The molecule has 3 heteroatoms. The largest absolute Gasteiger partial charge is 0.374 e. The Balaban J connectivity index is 2.11. The van der Waals surface area contributed by atoms with Crippen molar-refractivity contribution in [1.29, 1.82) is 0 Å². The predicted molar refractivity (Wildman–Crippen MR) is 80.1 cm³/mol. The van der Waals surface area contributed by atoms with Gasteiger partial charge in [-0.15, -0.1) is 0 Å². The molecule has 2 N–H and O–H groups in total. The number of hydrogen-bond acceptors (Lipinski definition) is 2. The van der Waals surface area contributed by atoms with Crippen molar-refractivity contribution in [2.75, 3.05) is 6.61 Å². The molecular formula is C17H26FNO. The molecule has 0 aliphatic heterocycles. The Kier molecular flexibility index (Phi) is 5.17. The van der Waals surface area contributed by atoms with E-state index in [1.54, 1.807) is 6.07 Å². The summed E-state index contributed by atoms with van der Waals surface area (Å²) in [6.45, 7) is 4.95. The Bertz CT molecular complexity index is 427. The molecule has 1 saturated carbocycles. The van der Waals surface area contributed by atoms with Gasteiger partial charge in [0, 0.05) is 12.6 Å². The fourth-order valence-corrected chi connectivity index (χ4v) is 3.25. The number of benzene rings is 1. The van der Waals surface area contributed by atoms with Crippen LogP contribution in [0.3, 0.4) is 0 Å². The highest BCUT2D eigenvalue weighted by molar-refractivity contribution is 5.19. The maximum absolute atomic E-state index is 13.8. The minimum absolute atomic E-state index is 0.146. The van der Waals surface area contributed by atoms with Gasteiger partial charge in [0.2, 0.25) is 0 Å². The van der Waals surface area contributed by atoms with Crippen molar-refractivity contribution in [2.45, 2.75) is 57.6 Å². The van der Waals surface area contributed by atoms with Crippen LogP contribution in [0.15, 0.2) is 24.3 Å². The first kappa shape index (κ1) is 15.5. The zero-order valence-electron chi connectivity index (χ0n) is 12.6. The molecule has 0 saturated heterocycles. The lowest BCUT2D eigenvalue weighted by molar-refractivity contribution is -0.0884. The minimum Gasteiger partial charge on any atom is -0.374 e. The first-order chi connectivity index (χ1) is 9.57. The van der Waals surface area contributed by atoms with Crippen LogP contribution in [0.5, 0.6) is 0 Å². The van der Waals surface area contributed by atoms with Crippen molar-refractivity contribution < 1.29 is 9.13 Å². The fourth-order valence-electron chi connectivity index (χ4n) is 3.25. The summed E-state index contributed by atoms with van der Waals surface area (Å²) >= 11 is 0. The van der Waals surface area contributed by atoms with Gasteiger partial charge in [0.1, 0.15) is 5.82 Å². The first-order valence-electron chi connectivity index (χ1n) is 7.70. The molecular weight excluding hydrogens is 253 g/mol. The van der Waals surface area contributed by atoms with Gasteiger partial charge in [0.15, 0.2) is 0 Å². The molecule has 0 amide bonds. The van der Waals surface area contributed by atoms with E-state index in [0.29, 0.717) is 18.6 Å². The van der Waals surface area contributed by atoms with Gasteiger partial charge in [-0.05, 0) is 56.6 Å². The summed E-state index contributed by atoms with van der Waals surface area (Å²) in [5.74, 6) is 0.572. The summed E-state index contributed by atoms with van der Waals surface area (Å²) in [4.78, 5) is 0. The van der Waals surface area contributed by atoms with Crippen molar-refractivity contribution in [1.82, 2.24) is 0 Å². The summed E-state index contributed by atoms with van der Waals surface area (Å²) in [5.41, 5.74) is 6.84. The first-order valence-corrected chi connectivity index (χ1v) is 7.70. The van der Waals surface area contributed by atoms with Crippen molar-refractivity contribution in [2.24, 2.45) is 11.7 Å². The van der Waals surface area contributed by atoms with E-state index < -0.39 is 0 Å². The van der Waals surface area contributed by atoms with E-state index in [2.05, 4.69) is 6.92 Å². The van der Waals surface area contributed by atoms with Crippen molar-refractivity contribution in [3.63, 3.8) is 0 Å². The third-order valence-corrected chi connectivity index (χ3v) is 4.63. The van der Waals surface area contributed by atoms with Crippen molar-refractivity contribution in [3.8, 4) is 0 Å². The quantitative estimate of drug-likeness (QED) is 0.892. The lowest BCUT2D eigenvalue weighted by Crippen LogP contribution is -2.53. The van der Waals surface area contributed by atoms with E-state index in [0.717, 1.165) is 31.6 Å². The maximum Gasteiger partial charge on any atom is 0.126 e. The highest BCUT2D eigenvalue weighted by Gasteiger charge is 2.40. The molecule has 2 rings (SSSR count). The summed E-state index contributed by atoms with van der Waals surface area (Å²) in [6, 6.07) is 6.75. The third kappa shape index (κ3) is 3.39. The van der Waals surface area contributed by atoms with Crippen molar-refractivity contribution >= 4 is 0 Å². The van der Waals surface area contributed by atoms with E-state index in [9.17, 15) is 4.39 Å². The molecule has 0 heterocycles. The molecule has 1 unspecified atom stereocenters. The number of hydrogen-bond donors (Lipinski definition) is 1. The van der Waals surface area contributed by atoms with Crippen LogP contribution in [0.25, 0.3) is 0 Å². The standard InChI is InChI=1S/C17H26FNO/c1-3-20-17(10-8-13(2)9-11-17)16(19)12-14-6-4-5-7-15(14)18/h4-7,13,16H,3,8-12,19H2,1-2H3. The van der Waals surface area contributed by atoms with Crippen molar-refractivity contribution in [3.05, 3.63) is 35.6 Å². The Morgan fingerprint density at radius 1 is 1.35 bits per heavy atom. The third-order valence-electron chi connectivity index (χ3n) is 4.63. The topological polar surface area (TPSA) is 35.2 Å². The Labute approximate surface area is 121 Å². The molecule has 2 nitrogen and oxygen atoms in total. The molecule has 0 aromatic heterocycles. The lowest BCUT2D eigenvalue weighted by Gasteiger charge is -2.43. The van der Waals surface area contributed by atoms with Gasteiger partial charge in [-0.25, -0.2) is 4.39 Å². The molecule has 1 aliphatic rings. The second-order valence-corrected chi connectivity index (χ2v) is 6.08. The Morgan fingerprint density at radius 3 is 2.60 bits per heavy atom. The fraction of sp³-hybridized carbons (Fsp3) is 0.647. The second kappa shape index (κ2) is 6.68. The van der Waals surface area contributed by atoms with Crippen LogP contribution in [0.4, 0.5) is 4.39 Å². The smallest absolute Gasteiger partial charge is 0.126 e. The zero-order valence-corrected chi connectivity index (χ0v) is 12.6. The van der Waals surface area contributed by atoms with Crippen LogP contribution in [0.1, 0.15) is 45.1 Å². The van der Waals surface area contributed by atoms with Crippen LogP contribution in [0, 0.1) is 11.7 Å². The van der Waals surface area contributed by atoms with Crippen LogP contribution < -0.4 is 5.73 Å². The molecule has 1 aliphatic carbocycles. The molecule has 0 radical (unpaired) electrons. The average molecular weight is 279 g/mol. The summed E-state index contributed by atoms with van der Waals surface area (Å²) in [7, 11) is 0. The van der Waals surface area contributed by atoms with Crippen LogP contribution in [0.2, 0.25) is 0 Å². The number of ether oxygens (including phenoxy) is 1. The minimum atomic E-state index is -0.274.